The van der Waals surface area contributed by atoms with Crippen LogP contribution in [0.2, 0.25) is 0 Å². The van der Waals surface area contributed by atoms with Gasteiger partial charge in [0, 0.05) is 57.2 Å². The normalized spacial score (nSPS) is 21.8. The minimum atomic E-state index is -4.75. The van der Waals surface area contributed by atoms with Crippen molar-refractivity contribution in [3.63, 3.8) is 0 Å². The number of hydrogen-bond acceptors (Lipinski definition) is 9. The minimum absolute atomic E-state index is 0. The Bertz CT molecular complexity index is 1710. The number of fused-ring (bicyclic) bond motifs is 2. The van der Waals surface area contributed by atoms with E-state index in [1.165, 1.54) is 45.2 Å². The van der Waals surface area contributed by atoms with E-state index in [2.05, 4.69) is 41.0 Å². The predicted octanol–water partition coefficient (Wildman–Crippen LogP) is 6.02. The van der Waals surface area contributed by atoms with Crippen LogP contribution in [-0.2, 0) is 11.0 Å². The van der Waals surface area contributed by atoms with Crippen LogP contribution in [0.4, 0.5) is 42.0 Å². The summed E-state index contributed by atoms with van der Waals surface area (Å²) < 4.78 is 48.0. The van der Waals surface area contributed by atoms with E-state index in [0.29, 0.717) is 41.4 Å². The van der Waals surface area contributed by atoms with Crippen molar-refractivity contribution in [3.8, 4) is 5.75 Å². The molecule has 15 heteroatoms. The first-order valence-electron chi connectivity index (χ1n) is 17.7. The van der Waals surface area contributed by atoms with Crippen molar-refractivity contribution < 1.29 is 27.5 Å². The van der Waals surface area contributed by atoms with Gasteiger partial charge in [-0.05, 0) is 80.7 Å². The molecule has 3 aliphatic rings. The average molecular weight is 965 g/mol. The average Bonchev–Trinajstić information content (AvgIpc) is 3.12. The molecular formula is C37H46F3FmN8O3-. The standard InChI is InChI=1S/C37H46F3N8O3.Fm/c1-23-6-4-9-28(35(50)41-2)32(23)45-34-29(37(38,39)40)21-43-36(46-34)44-30-11-10-27(20-31(30)51-3)47-14-16-48(17-15-47)33-25-8-5-7-24(18-25)19-26(33)12-13-42-22-49;/h4,6,9-11,20-21,24-26,33H,5,7-8,12-19H2,1-3H3,(H,41,50)(H,42,49)(H2,43,44,45,46);/q-1;. The number of halogens is 3. The fourth-order valence-corrected chi connectivity index (χ4v) is 8.40. The monoisotopic (exact) mass is 964 g/mol. The van der Waals surface area contributed by atoms with Crippen LogP contribution < -0.4 is 30.9 Å². The molecule has 2 aliphatic carbocycles. The zero-order valence-corrected chi connectivity index (χ0v) is 32.0. The van der Waals surface area contributed by atoms with Crippen LogP contribution in [0, 0.1) is 24.7 Å². The third-order valence-electron chi connectivity index (χ3n) is 10.8. The Morgan fingerprint density at radius 2 is 1.87 bits per heavy atom. The number of nitrogens with zero attached hydrogens (tertiary/aromatic N) is 4. The summed E-state index contributed by atoms with van der Waals surface area (Å²) >= 11 is 0. The van der Waals surface area contributed by atoms with Gasteiger partial charge in [0.25, 0.3) is 5.91 Å². The molecule has 1 saturated heterocycles. The Hall–Kier alpha value is -5.59. The number of hydrogen-bond donors (Lipinski definition) is 4. The Labute approximate surface area is 296 Å². The Kier molecular flexibility index (Phi) is 11.7. The van der Waals surface area contributed by atoms with Gasteiger partial charge < -0.3 is 35.7 Å². The molecule has 2 saturated carbocycles. The van der Waals surface area contributed by atoms with Crippen molar-refractivity contribution >= 4 is 41.1 Å². The molecule has 4 atom stereocenters. The summed E-state index contributed by atoms with van der Waals surface area (Å²) in [4.78, 5) is 36.5. The molecule has 2 bridgehead atoms. The van der Waals surface area contributed by atoms with Crippen molar-refractivity contribution in [2.45, 2.75) is 57.7 Å². The van der Waals surface area contributed by atoms with E-state index in [1.54, 1.807) is 26.2 Å². The third kappa shape index (κ3) is 8.14. The van der Waals surface area contributed by atoms with Crippen LogP contribution in [0.25, 0.3) is 0 Å². The van der Waals surface area contributed by atoms with Crippen molar-refractivity contribution in [2.75, 3.05) is 62.4 Å². The molecule has 52 heavy (non-hydrogen) atoms. The van der Waals surface area contributed by atoms with E-state index in [4.69, 9.17) is 4.74 Å². The van der Waals surface area contributed by atoms with Crippen LogP contribution in [0.3, 0.4) is 0 Å². The Balaban J connectivity index is 0.00000523. The molecule has 1 aromatic heterocycles. The number of carbonyl (C=O) groups is 1. The number of carbonyl (C=O) groups excluding carboxylic acids is 2. The van der Waals surface area contributed by atoms with E-state index >= 15 is 0 Å². The SMILES string of the molecule is CNC(=O)c1cccc(C)c1Nc1nc(Nc2ccc(N3CCN(C4C5CCCC(C5)CC4CCN[C-]=O)CC3)cc2OC)ncc1C(F)(F)F.[Fm]. The van der Waals surface area contributed by atoms with E-state index in [-0.39, 0.29) is 17.2 Å². The fraction of sp³-hybridized carbons (Fsp3) is 0.514. The maximum absolute atomic E-state index is 14.1. The Morgan fingerprint density at radius 3 is 2.58 bits per heavy atom. The quantitative estimate of drug-likeness (QED) is 0.0981. The number of para-hydroxylation sites is 1. The van der Waals surface area contributed by atoms with Crippen molar-refractivity contribution in [3.05, 3.63) is 59.3 Å². The summed E-state index contributed by atoms with van der Waals surface area (Å²) in [6, 6.07) is 11.1. The van der Waals surface area contributed by atoms with Gasteiger partial charge in [-0.15, -0.1) is 0 Å². The number of piperazine rings is 1. The zero-order chi connectivity index (χ0) is 36.1. The molecule has 3 aromatic rings. The van der Waals surface area contributed by atoms with Crippen molar-refractivity contribution in [2.24, 2.45) is 17.8 Å². The van der Waals surface area contributed by atoms with Crippen molar-refractivity contribution in [1.29, 1.82) is 0 Å². The molecule has 2 heterocycles. The first-order valence-corrected chi connectivity index (χ1v) is 17.7. The predicted molar refractivity (Wildman–Crippen MR) is 191 cm³/mol. The number of rotatable bonds is 12. The number of alkyl halides is 3. The summed E-state index contributed by atoms with van der Waals surface area (Å²) in [5, 5.41) is 11.1. The maximum Gasteiger partial charge on any atom is 0.421 e. The van der Waals surface area contributed by atoms with Gasteiger partial charge >= 0.3 is 6.18 Å². The number of anilines is 5. The number of aryl methyl sites for hydroxylation is 1. The summed E-state index contributed by atoms with van der Waals surface area (Å²) in [6.07, 6.45) is 5.24. The number of methoxy groups -OCH3 is 1. The number of benzene rings is 2. The summed E-state index contributed by atoms with van der Waals surface area (Å²) in [5.74, 6) is 1.56. The van der Waals surface area contributed by atoms with Crippen LogP contribution in [0.15, 0.2) is 42.6 Å². The molecule has 6 rings (SSSR count). The van der Waals surface area contributed by atoms with E-state index in [9.17, 15) is 22.8 Å². The van der Waals surface area contributed by atoms with Gasteiger partial charge in [-0.1, -0.05) is 25.0 Å². The summed E-state index contributed by atoms with van der Waals surface area (Å²) in [6.45, 7) is 5.95. The minimum Gasteiger partial charge on any atom is -0.530 e. The molecule has 2 amide bonds. The second-order valence-corrected chi connectivity index (χ2v) is 13.8. The van der Waals surface area contributed by atoms with Crippen LogP contribution >= 0.6 is 0 Å². The molecule has 0 spiro atoms. The van der Waals surface area contributed by atoms with Gasteiger partial charge in [0.15, 0.2) is 0 Å². The zero-order valence-electron chi connectivity index (χ0n) is 29.6. The van der Waals surface area contributed by atoms with Crippen LogP contribution in [0.5, 0.6) is 5.75 Å². The van der Waals surface area contributed by atoms with Crippen LogP contribution in [-0.4, -0.2) is 80.1 Å². The molecule has 0 radical (unpaired) electrons. The van der Waals surface area contributed by atoms with Gasteiger partial charge in [-0.25, -0.2) is 4.98 Å². The summed E-state index contributed by atoms with van der Waals surface area (Å²) in [7, 11) is 2.99. The van der Waals surface area contributed by atoms with E-state index < -0.39 is 23.5 Å². The van der Waals surface area contributed by atoms with Gasteiger partial charge in [-0.2, -0.15) is 24.6 Å². The largest absolute Gasteiger partial charge is 0.530 e. The molecule has 4 N–H and O–H groups in total. The van der Waals surface area contributed by atoms with Gasteiger partial charge in [-0.3, -0.25) is 9.69 Å². The second kappa shape index (κ2) is 16.2. The van der Waals surface area contributed by atoms with Gasteiger partial charge in [0.2, 0.25) is 5.95 Å². The molecule has 286 valence electrons. The molecule has 2 aromatic carbocycles. The first kappa shape index (κ1) is 37.7. The molecule has 11 nitrogen and oxygen atoms in total. The molecular weight excluding hydrogens is 918 g/mol. The van der Waals surface area contributed by atoms with Gasteiger partial charge in [0.05, 0.1) is 24.0 Å². The maximum atomic E-state index is 14.1. The van der Waals surface area contributed by atoms with E-state index in [1.807, 2.05) is 24.6 Å². The number of amides is 2. The van der Waals surface area contributed by atoms with Crippen LogP contribution in [0.1, 0.15) is 60.0 Å². The number of nitrogens with one attached hydrogen (secondary N) is 4. The molecule has 3 fully saturated rings. The topological polar surface area (TPSA) is 124 Å². The molecule has 1 aliphatic heterocycles. The smallest absolute Gasteiger partial charge is 0.421 e. The third-order valence-corrected chi connectivity index (χ3v) is 10.8. The van der Waals surface area contributed by atoms with Crippen molar-refractivity contribution in [1.82, 2.24) is 25.5 Å². The number of ether oxygens (including phenoxy) is 1. The van der Waals surface area contributed by atoms with E-state index in [0.717, 1.165) is 50.4 Å². The summed E-state index contributed by atoms with van der Waals surface area (Å²) in [5.41, 5.74) is 1.37. The molecule has 4 unspecified atom stereocenters. The number of aromatic nitrogens is 2. The fourth-order valence-electron chi connectivity index (χ4n) is 8.40. The van der Waals surface area contributed by atoms with Gasteiger partial charge in [0.1, 0.15) is 17.1 Å². The first-order chi connectivity index (χ1) is 24.6. The second-order valence-electron chi connectivity index (χ2n) is 13.8. The Morgan fingerprint density at radius 1 is 1.08 bits per heavy atom.